The highest BCUT2D eigenvalue weighted by Crippen LogP contribution is 2.25. The van der Waals surface area contributed by atoms with Gasteiger partial charge in [-0.15, -0.1) is 0 Å². The molecule has 0 saturated heterocycles. The largest absolute Gasteiger partial charge is 0.489 e. The van der Waals surface area contributed by atoms with Crippen LogP contribution in [0.2, 0.25) is 0 Å². The summed E-state index contributed by atoms with van der Waals surface area (Å²) in [6, 6.07) is 11.7. The van der Waals surface area contributed by atoms with Gasteiger partial charge in [0.25, 0.3) is 5.91 Å². The number of aromatic nitrogens is 2. The fraction of sp³-hybridized carbons (Fsp3) is 0.190. The first-order chi connectivity index (χ1) is 13.8. The Morgan fingerprint density at radius 2 is 1.79 bits per heavy atom. The maximum atomic E-state index is 13.9. The van der Waals surface area contributed by atoms with Crippen molar-refractivity contribution in [3.63, 3.8) is 0 Å². The molecular weight excluding hydrogens is 378 g/mol. The van der Waals surface area contributed by atoms with Crippen molar-refractivity contribution in [2.45, 2.75) is 26.9 Å². The van der Waals surface area contributed by atoms with E-state index in [4.69, 9.17) is 4.74 Å². The lowest BCUT2D eigenvalue weighted by molar-refractivity contribution is 0.102. The number of hydrogen-bond acceptors (Lipinski definition) is 5. The predicted octanol–water partition coefficient (Wildman–Crippen LogP) is 4.85. The van der Waals surface area contributed by atoms with E-state index < -0.39 is 17.5 Å². The van der Waals surface area contributed by atoms with Crippen molar-refractivity contribution in [1.29, 1.82) is 0 Å². The van der Waals surface area contributed by atoms with Gasteiger partial charge in [-0.3, -0.25) is 4.79 Å². The van der Waals surface area contributed by atoms with Gasteiger partial charge in [0.05, 0.1) is 17.5 Å². The molecule has 150 valence electrons. The topological polar surface area (TPSA) is 76.1 Å². The Morgan fingerprint density at radius 3 is 2.52 bits per heavy atom. The molecule has 0 saturated carbocycles. The van der Waals surface area contributed by atoms with Crippen molar-refractivity contribution >= 4 is 23.2 Å². The number of ether oxygens (including phenoxy) is 1. The number of amides is 1. The van der Waals surface area contributed by atoms with E-state index in [1.807, 2.05) is 19.9 Å². The molecule has 2 N–H and O–H groups in total. The average Bonchev–Trinajstić information content (AvgIpc) is 2.65. The number of anilines is 3. The highest BCUT2D eigenvalue weighted by molar-refractivity contribution is 6.03. The van der Waals surface area contributed by atoms with E-state index in [1.165, 1.54) is 12.1 Å². The van der Waals surface area contributed by atoms with Crippen LogP contribution in [-0.2, 0) is 0 Å². The number of nitrogens with one attached hydrogen (secondary N) is 2. The molecule has 0 radical (unpaired) electrons. The molecule has 1 aromatic heterocycles. The Morgan fingerprint density at radius 1 is 1.03 bits per heavy atom. The van der Waals surface area contributed by atoms with Crippen LogP contribution in [0.15, 0.2) is 48.5 Å². The SMILES string of the molecule is Cc1cc(C(=O)Nc2ccccc2OC(C)C)nc(Nc2ccc(F)cc2F)n1. The van der Waals surface area contributed by atoms with E-state index in [-0.39, 0.29) is 23.4 Å². The lowest BCUT2D eigenvalue weighted by Crippen LogP contribution is -2.17. The standard InChI is InChI=1S/C21H20F2N4O2/c1-12(2)29-19-7-5-4-6-17(19)25-20(28)18-10-13(3)24-21(27-18)26-16-9-8-14(22)11-15(16)23/h4-12H,1-3H3,(H,25,28)(H,24,26,27). The molecule has 3 rings (SSSR count). The van der Waals surface area contributed by atoms with Gasteiger partial charge < -0.3 is 15.4 Å². The third kappa shape index (κ3) is 5.25. The molecule has 8 heteroatoms. The Balaban J connectivity index is 1.83. The number of carbonyl (C=O) groups is 1. The summed E-state index contributed by atoms with van der Waals surface area (Å²) < 4.78 is 32.7. The minimum atomic E-state index is -0.791. The summed E-state index contributed by atoms with van der Waals surface area (Å²) in [5.41, 5.74) is 1.09. The first-order valence-electron chi connectivity index (χ1n) is 8.96. The zero-order valence-electron chi connectivity index (χ0n) is 16.2. The van der Waals surface area contributed by atoms with Crippen molar-refractivity contribution in [3.8, 4) is 5.75 Å². The molecule has 0 aliphatic heterocycles. The van der Waals surface area contributed by atoms with E-state index in [0.717, 1.165) is 12.1 Å². The van der Waals surface area contributed by atoms with Crippen LogP contribution >= 0.6 is 0 Å². The summed E-state index contributed by atoms with van der Waals surface area (Å²) >= 11 is 0. The summed E-state index contributed by atoms with van der Waals surface area (Å²) in [6.45, 7) is 5.46. The van der Waals surface area contributed by atoms with Crippen LogP contribution in [0.3, 0.4) is 0 Å². The van der Waals surface area contributed by atoms with Crippen LogP contribution in [0.5, 0.6) is 5.75 Å². The van der Waals surface area contributed by atoms with E-state index >= 15 is 0 Å². The molecule has 0 spiro atoms. The zero-order chi connectivity index (χ0) is 21.0. The van der Waals surface area contributed by atoms with Crippen LogP contribution in [0, 0.1) is 18.6 Å². The van der Waals surface area contributed by atoms with Crippen LogP contribution < -0.4 is 15.4 Å². The predicted molar refractivity (Wildman–Crippen MR) is 107 cm³/mol. The van der Waals surface area contributed by atoms with Crippen LogP contribution in [-0.4, -0.2) is 22.0 Å². The Labute approximate surface area is 167 Å². The number of rotatable bonds is 6. The molecule has 6 nitrogen and oxygen atoms in total. The maximum Gasteiger partial charge on any atom is 0.274 e. The van der Waals surface area contributed by atoms with E-state index in [1.54, 1.807) is 25.1 Å². The van der Waals surface area contributed by atoms with Crippen molar-refractivity contribution in [2.24, 2.45) is 0 Å². The number of carbonyl (C=O) groups excluding carboxylic acids is 1. The molecule has 1 heterocycles. The number of benzene rings is 2. The van der Waals surface area contributed by atoms with Gasteiger partial charge in [-0.1, -0.05) is 12.1 Å². The van der Waals surface area contributed by atoms with Crippen LogP contribution in [0.25, 0.3) is 0 Å². The molecular formula is C21H20F2N4O2. The third-order valence-electron chi connectivity index (χ3n) is 3.76. The summed E-state index contributed by atoms with van der Waals surface area (Å²) in [5.74, 6) is -1.40. The highest BCUT2D eigenvalue weighted by Gasteiger charge is 2.15. The molecule has 29 heavy (non-hydrogen) atoms. The summed E-state index contributed by atoms with van der Waals surface area (Å²) in [7, 11) is 0. The molecule has 0 fully saturated rings. The molecule has 0 bridgehead atoms. The van der Waals surface area contributed by atoms with Gasteiger partial charge in [-0.2, -0.15) is 0 Å². The van der Waals surface area contributed by atoms with Crippen molar-refractivity contribution in [1.82, 2.24) is 9.97 Å². The van der Waals surface area contributed by atoms with Crippen LogP contribution in [0.1, 0.15) is 30.0 Å². The molecule has 0 atom stereocenters. The lowest BCUT2D eigenvalue weighted by atomic mass is 10.2. The van der Waals surface area contributed by atoms with Gasteiger partial charge in [0.2, 0.25) is 5.95 Å². The van der Waals surface area contributed by atoms with Gasteiger partial charge in [-0.25, -0.2) is 18.7 Å². The average molecular weight is 398 g/mol. The second-order valence-corrected chi connectivity index (χ2v) is 6.58. The van der Waals surface area contributed by atoms with Gasteiger partial charge in [0, 0.05) is 11.8 Å². The van der Waals surface area contributed by atoms with Gasteiger partial charge >= 0.3 is 0 Å². The Bertz CT molecular complexity index is 1040. The minimum absolute atomic E-state index is 0.000891. The molecule has 0 unspecified atom stereocenters. The van der Waals surface area contributed by atoms with E-state index in [9.17, 15) is 13.6 Å². The van der Waals surface area contributed by atoms with Crippen molar-refractivity contribution < 1.29 is 18.3 Å². The fourth-order valence-corrected chi connectivity index (χ4v) is 2.57. The number of halogens is 2. The quantitative estimate of drug-likeness (QED) is 0.621. The van der Waals surface area contributed by atoms with Gasteiger partial charge in [0.1, 0.15) is 23.1 Å². The van der Waals surface area contributed by atoms with E-state index in [2.05, 4.69) is 20.6 Å². The summed E-state index contributed by atoms with van der Waals surface area (Å²) in [6.07, 6.45) is -0.0595. The molecule has 0 aliphatic rings. The van der Waals surface area contributed by atoms with E-state index in [0.29, 0.717) is 17.1 Å². The van der Waals surface area contributed by atoms with Gasteiger partial charge in [-0.05, 0) is 51.1 Å². The van der Waals surface area contributed by atoms with Crippen molar-refractivity contribution in [2.75, 3.05) is 10.6 Å². The summed E-state index contributed by atoms with van der Waals surface area (Å²) in [4.78, 5) is 21.0. The molecule has 1 amide bonds. The normalized spacial score (nSPS) is 10.7. The first-order valence-corrected chi connectivity index (χ1v) is 8.96. The smallest absolute Gasteiger partial charge is 0.274 e. The zero-order valence-corrected chi connectivity index (χ0v) is 16.2. The molecule has 0 aliphatic carbocycles. The molecule has 3 aromatic rings. The molecule has 2 aromatic carbocycles. The van der Waals surface area contributed by atoms with Crippen molar-refractivity contribution in [3.05, 3.63) is 71.6 Å². The van der Waals surface area contributed by atoms with Gasteiger partial charge in [0.15, 0.2) is 0 Å². The Hall–Kier alpha value is -3.55. The maximum absolute atomic E-state index is 13.9. The second kappa shape index (κ2) is 8.64. The fourth-order valence-electron chi connectivity index (χ4n) is 2.57. The first kappa shape index (κ1) is 20.2. The monoisotopic (exact) mass is 398 g/mol. The Kier molecular flexibility index (Phi) is 6.01. The number of nitrogens with zero attached hydrogens (tertiary/aromatic N) is 2. The third-order valence-corrected chi connectivity index (χ3v) is 3.76. The number of para-hydroxylation sites is 2. The highest BCUT2D eigenvalue weighted by atomic mass is 19.1. The number of hydrogen-bond donors (Lipinski definition) is 2. The minimum Gasteiger partial charge on any atom is -0.489 e. The summed E-state index contributed by atoms with van der Waals surface area (Å²) in [5, 5.41) is 5.43. The second-order valence-electron chi connectivity index (χ2n) is 6.58. The lowest BCUT2D eigenvalue weighted by Gasteiger charge is -2.15. The van der Waals surface area contributed by atoms with Crippen LogP contribution in [0.4, 0.5) is 26.1 Å². The number of aryl methyl sites for hydroxylation is 1.